The second-order valence-corrected chi connectivity index (χ2v) is 18.4. The zero-order valence-electron chi connectivity index (χ0n) is 29.1. The Morgan fingerprint density at radius 1 is 0.500 bits per heavy atom. The van der Waals surface area contributed by atoms with Gasteiger partial charge in [-0.3, -0.25) is 0 Å². The molecule has 0 aliphatic rings. The fourth-order valence-electron chi connectivity index (χ4n) is 6.07. The number of hydrogen-bond acceptors (Lipinski definition) is 0. The summed E-state index contributed by atoms with van der Waals surface area (Å²) >= 11 is 1.64. The summed E-state index contributed by atoms with van der Waals surface area (Å²) in [6.07, 6.45) is 0. The predicted molar refractivity (Wildman–Crippen MR) is 194 cm³/mol. The molecule has 0 spiro atoms. The van der Waals surface area contributed by atoms with Crippen molar-refractivity contribution in [3.63, 3.8) is 0 Å². The average Bonchev–Trinajstić information content (AvgIpc) is 3.49. The predicted octanol–water partition coefficient (Wildman–Crippen LogP) is 4.56. The van der Waals surface area contributed by atoms with E-state index in [0.717, 1.165) is 0 Å². The van der Waals surface area contributed by atoms with E-state index >= 15 is 0 Å². The molecule has 0 N–H and O–H groups in total. The molecule has 6 aromatic rings. The maximum absolute atomic E-state index is 2.33. The van der Waals surface area contributed by atoms with Crippen molar-refractivity contribution >= 4 is 37.4 Å². The molecule has 0 aromatic heterocycles. The van der Waals surface area contributed by atoms with Crippen LogP contribution in [-0.4, -0.2) is 5.43 Å². The SMILES string of the molecule is Cc1[cH-]c2c(C)ccc(C(C)C)c2c1C.Cc1[cH-]c2c(C)ccc(C(C)C)c2c1C.[Cl-].[Cl-].[Zr+2]=[Si](c1ccccc1)c1ccccc1. The Morgan fingerprint density at radius 3 is 1.13 bits per heavy atom. The van der Waals surface area contributed by atoms with Crippen LogP contribution in [0.2, 0.25) is 0 Å². The summed E-state index contributed by atoms with van der Waals surface area (Å²) in [7, 11) is 0. The molecule has 46 heavy (non-hydrogen) atoms. The Balaban J connectivity index is 0.000000235. The topological polar surface area (TPSA) is 0 Å². The third kappa shape index (κ3) is 9.02. The van der Waals surface area contributed by atoms with Gasteiger partial charge in [0.05, 0.1) is 0 Å². The molecule has 0 fully saturated rings. The molecule has 0 atom stereocenters. The normalized spacial score (nSPS) is 10.6. The molecule has 0 amide bonds. The fraction of sp³-hybridized carbons (Fsp3) is 0.286. The van der Waals surface area contributed by atoms with Gasteiger partial charge in [0.2, 0.25) is 0 Å². The van der Waals surface area contributed by atoms with Gasteiger partial charge >= 0.3 is 99.8 Å². The van der Waals surface area contributed by atoms with Crippen molar-refractivity contribution < 1.29 is 48.1 Å². The van der Waals surface area contributed by atoms with Crippen molar-refractivity contribution in [3.05, 3.63) is 142 Å². The van der Waals surface area contributed by atoms with Crippen LogP contribution in [0.15, 0.2) is 97.1 Å². The molecule has 0 aliphatic carbocycles. The van der Waals surface area contributed by atoms with E-state index in [1.54, 1.807) is 23.3 Å². The molecule has 240 valence electrons. The molecule has 0 saturated heterocycles. The van der Waals surface area contributed by atoms with Gasteiger partial charge in [0.25, 0.3) is 0 Å². The molecule has 6 aromatic carbocycles. The van der Waals surface area contributed by atoms with Gasteiger partial charge in [-0.1, -0.05) is 92.5 Å². The molecule has 0 bridgehead atoms. The summed E-state index contributed by atoms with van der Waals surface area (Å²) in [4.78, 5) is 0. The van der Waals surface area contributed by atoms with E-state index in [4.69, 9.17) is 0 Å². The molecule has 0 aliphatic heterocycles. The number of hydrogen-bond donors (Lipinski definition) is 0. The number of aryl methyl sites for hydroxylation is 6. The van der Waals surface area contributed by atoms with Gasteiger partial charge in [-0.15, -0.1) is 68.1 Å². The van der Waals surface area contributed by atoms with Gasteiger partial charge < -0.3 is 24.8 Å². The van der Waals surface area contributed by atoms with Crippen LogP contribution in [0.25, 0.3) is 21.5 Å². The summed E-state index contributed by atoms with van der Waals surface area (Å²) in [5.74, 6) is 1.21. The maximum atomic E-state index is 2.33. The Bertz CT molecular complexity index is 1740. The summed E-state index contributed by atoms with van der Waals surface area (Å²) in [5.41, 5.74) is 11.1. The van der Waals surface area contributed by atoms with E-state index < -0.39 is 5.43 Å². The Morgan fingerprint density at radius 2 is 0.826 bits per heavy atom. The van der Waals surface area contributed by atoms with Crippen molar-refractivity contribution in [1.29, 1.82) is 0 Å². The summed E-state index contributed by atoms with van der Waals surface area (Å²) in [5, 5.41) is 8.89. The van der Waals surface area contributed by atoms with Crippen molar-refractivity contribution in [3.8, 4) is 0 Å². The quantitative estimate of drug-likeness (QED) is 0.184. The second kappa shape index (κ2) is 17.8. The molecule has 0 saturated carbocycles. The first-order valence-electron chi connectivity index (χ1n) is 15.9. The van der Waals surface area contributed by atoms with Crippen LogP contribution < -0.4 is 35.2 Å². The summed E-state index contributed by atoms with van der Waals surface area (Å²) in [6, 6.07) is 35.4. The first kappa shape index (κ1) is 40.0. The van der Waals surface area contributed by atoms with Crippen LogP contribution in [0.4, 0.5) is 0 Å². The average molecular weight is 743 g/mol. The number of benzene rings is 4. The van der Waals surface area contributed by atoms with Gasteiger partial charge in [0.1, 0.15) is 0 Å². The zero-order valence-corrected chi connectivity index (χ0v) is 34.1. The molecule has 0 heterocycles. The van der Waals surface area contributed by atoms with Crippen molar-refractivity contribution in [1.82, 2.24) is 0 Å². The van der Waals surface area contributed by atoms with Gasteiger partial charge in [-0.25, -0.2) is 0 Å². The number of rotatable bonds is 4. The zero-order chi connectivity index (χ0) is 32.1. The van der Waals surface area contributed by atoms with Crippen LogP contribution >= 0.6 is 0 Å². The van der Waals surface area contributed by atoms with E-state index in [2.05, 4.69) is 166 Å². The standard InChI is InChI=1S/2C15H19.C12H10Si.2ClH.Zr/c2*1-9(2)13-7-6-10(3)14-8-11(4)12(5)15(13)14;1-3-7-11(8-4-1)13-12-9-5-2-6-10-12;;;/h2*6-9H,1-5H3;1-10H;2*1H;/q2*-1;;;;+2/p-2. The Labute approximate surface area is 306 Å². The van der Waals surface area contributed by atoms with Gasteiger partial charge in [0, 0.05) is 0 Å². The second-order valence-electron chi connectivity index (χ2n) is 12.8. The van der Waals surface area contributed by atoms with Gasteiger partial charge in [-0.2, -0.15) is 11.1 Å². The minimum absolute atomic E-state index is 0. The number of halogens is 2. The van der Waals surface area contributed by atoms with Crippen LogP contribution in [-0.2, 0) is 23.3 Å². The van der Waals surface area contributed by atoms with E-state index in [9.17, 15) is 0 Å². The molecule has 0 unspecified atom stereocenters. The Hall–Kier alpha value is -2.22. The molecular weight excluding hydrogens is 695 g/mol. The minimum atomic E-state index is -0.455. The molecular formula is C42H48Cl2SiZr-2. The van der Waals surface area contributed by atoms with E-state index in [0.29, 0.717) is 11.8 Å². The van der Waals surface area contributed by atoms with Gasteiger partial charge in [-0.05, 0) is 11.8 Å². The van der Waals surface area contributed by atoms with Crippen LogP contribution in [0.5, 0.6) is 0 Å². The Kier molecular flexibility index (Phi) is 15.5. The van der Waals surface area contributed by atoms with E-state index in [1.165, 1.54) is 76.4 Å². The van der Waals surface area contributed by atoms with Crippen molar-refractivity contribution in [2.45, 2.75) is 81.1 Å². The van der Waals surface area contributed by atoms with Crippen LogP contribution in [0.1, 0.15) is 84.0 Å². The number of fused-ring (bicyclic) bond motifs is 2. The first-order chi connectivity index (χ1) is 20.9. The third-order valence-corrected chi connectivity index (χ3v) is 15.1. The van der Waals surface area contributed by atoms with Crippen LogP contribution in [0.3, 0.4) is 0 Å². The van der Waals surface area contributed by atoms with Crippen molar-refractivity contribution in [2.24, 2.45) is 0 Å². The molecule has 0 nitrogen and oxygen atoms in total. The van der Waals surface area contributed by atoms with E-state index in [1.807, 2.05) is 0 Å². The van der Waals surface area contributed by atoms with E-state index in [-0.39, 0.29) is 24.8 Å². The monoisotopic (exact) mass is 740 g/mol. The molecule has 6 rings (SSSR count). The summed E-state index contributed by atoms with van der Waals surface area (Å²) in [6.45, 7) is 22.4. The van der Waals surface area contributed by atoms with Crippen LogP contribution in [0, 0.1) is 41.5 Å². The summed E-state index contributed by atoms with van der Waals surface area (Å²) < 4.78 is 0. The van der Waals surface area contributed by atoms with Gasteiger partial charge in [0.15, 0.2) is 0 Å². The fourth-order valence-corrected chi connectivity index (χ4v) is 9.92. The third-order valence-electron chi connectivity index (χ3n) is 9.02. The first-order valence-corrected chi connectivity index (χ1v) is 21.1. The molecule has 4 heteroatoms. The molecule has 0 radical (unpaired) electrons. The van der Waals surface area contributed by atoms with Crippen molar-refractivity contribution in [2.75, 3.05) is 0 Å².